The minimum atomic E-state index is -1.96. The molecule has 0 radical (unpaired) electrons. The Balaban J connectivity index is 3.46. The van der Waals surface area contributed by atoms with Crippen LogP contribution in [0.2, 0.25) is 18.1 Å². The molecule has 2 nitrogen and oxygen atoms in total. The summed E-state index contributed by atoms with van der Waals surface area (Å²) in [4.78, 5) is 0. The van der Waals surface area contributed by atoms with Crippen molar-refractivity contribution in [1.29, 1.82) is 0 Å². The van der Waals surface area contributed by atoms with Gasteiger partial charge in [-0.05, 0) is 48.0 Å². The molecule has 0 aliphatic heterocycles. The topological polar surface area (TPSA) is 21.6 Å². The number of allylic oxidation sites excluding steroid dienone is 1. The predicted molar refractivity (Wildman–Crippen MR) is 106 cm³/mol. The van der Waals surface area contributed by atoms with Crippen molar-refractivity contribution in [3.8, 4) is 5.75 Å². The summed E-state index contributed by atoms with van der Waals surface area (Å²) in [5.74, 6) is 0.791. The second-order valence-corrected chi connectivity index (χ2v) is 13.5. The minimum Gasteiger partial charge on any atom is -0.497 e. The highest BCUT2D eigenvalue weighted by Crippen LogP contribution is 2.40. The molecular formula is C18H27Cl2NOSi. The number of nitrogens with zero attached hydrogens (tertiary/aromatic N) is 1. The van der Waals surface area contributed by atoms with Gasteiger partial charge in [0.05, 0.1) is 12.8 Å². The molecule has 0 saturated carbocycles. The van der Waals surface area contributed by atoms with Gasteiger partial charge in [0.1, 0.15) is 5.75 Å². The van der Waals surface area contributed by atoms with Gasteiger partial charge >= 0.3 is 0 Å². The first-order valence-electron chi connectivity index (χ1n) is 7.68. The maximum Gasteiger partial charge on any atom is 0.181 e. The van der Waals surface area contributed by atoms with Crippen molar-refractivity contribution in [2.24, 2.45) is 4.66 Å². The third kappa shape index (κ3) is 5.10. The maximum absolute atomic E-state index is 6.62. The van der Waals surface area contributed by atoms with Crippen LogP contribution in [0.25, 0.3) is 0 Å². The second-order valence-electron chi connectivity index (χ2n) is 7.20. The van der Waals surface area contributed by atoms with Crippen LogP contribution in [0.1, 0.15) is 32.8 Å². The average molecular weight is 372 g/mol. The molecule has 1 aromatic rings. The van der Waals surface area contributed by atoms with Crippen LogP contribution in [0.4, 0.5) is 0 Å². The van der Waals surface area contributed by atoms with Gasteiger partial charge in [-0.15, -0.1) is 6.58 Å². The van der Waals surface area contributed by atoms with Gasteiger partial charge in [-0.3, -0.25) is 0 Å². The van der Waals surface area contributed by atoms with Crippen LogP contribution in [0.15, 0.2) is 41.6 Å². The van der Waals surface area contributed by atoms with Gasteiger partial charge in [0.15, 0.2) is 12.6 Å². The molecule has 0 aliphatic carbocycles. The van der Waals surface area contributed by atoms with Crippen molar-refractivity contribution in [2.75, 3.05) is 7.11 Å². The van der Waals surface area contributed by atoms with Gasteiger partial charge in [-0.2, -0.15) is 0 Å². The lowest BCUT2D eigenvalue weighted by Crippen LogP contribution is -2.39. The van der Waals surface area contributed by atoms with Crippen molar-refractivity contribution in [3.63, 3.8) is 0 Å². The summed E-state index contributed by atoms with van der Waals surface area (Å²) in [7, 11) is -0.314. The summed E-state index contributed by atoms with van der Waals surface area (Å²) >= 11 is 13.2. The average Bonchev–Trinajstić information content (AvgIpc) is 2.43. The number of rotatable bonds is 6. The molecule has 0 bridgehead atoms. The Morgan fingerprint density at radius 3 is 2.13 bits per heavy atom. The van der Waals surface area contributed by atoms with E-state index < -0.39 is 12.6 Å². The first-order valence-corrected chi connectivity index (χ1v) is 11.4. The van der Waals surface area contributed by atoms with Crippen LogP contribution in [-0.4, -0.2) is 25.4 Å². The molecule has 0 heterocycles. The molecular weight excluding hydrogens is 345 g/mol. The number of methoxy groups -OCH3 is 1. The van der Waals surface area contributed by atoms with Crippen molar-refractivity contribution < 1.29 is 4.74 Å². The first kappa shape index (κ1) is 20.3. The van der Waals surface area contributed by atoms with E-state index in [4.69, 9.17) is 32.6 Å². The predicted octanol–water partition coefficient (Wildman–Crippen LogP) is 6.24. The summed E-state index contributed by atoms with van der Waals surface area (Å²) in [6.07, 6.45) is 2.17. The number of hydrogen-bond acceptors (Lipinski definition) is 2. The van der Waals surface area contributed by atoms with Crippen LogP contribution < -0.4 is 4.74 Å². The molecule has 0 N–H and O–H groups in total. The van der Waals surface area contributed by atoms with E-state index in [0.717, 1.165) is 17.0 Å². The van der Waals surface area contributed by atoms with Crippen LogP contribution in [0.3, 0.4) is 0 Å². The highest BCUT2D eigenvalue weighted by Gasteiger charge is 2.39. The Morgan fingerprint density at radius 1 is 1.22 bits per heavy atom. The van der Waals surface area contributed by atoms with E-state index in [9.17, 15) is 0 Å². The number of halogens is 2. The molecule has 5 heteroatoms. The van der Waals surface area contributed by atoms with E-state index in [0.29, 0.717) is 6.42 Å². The molecule has 0 aliphatic rings. The molecule has 0 atom stereocenters. The Hall–Kier alpha value is -0.773. The summed E-state index contributed by atoms with van der Waals surface area (Å²) < 4.78 is 9.23. The van der Waals surface area contributed by atoms with Gasteiger partial charge in [0.25, 0.3) is 0 Å². The molecule has 0 saturated heterocycles. The zero-order chi connectivity index (χ0) is 17.9. The smallest absolute Gasteiger partial charge is 0.181 e. The summed E-state index contributed by atoms with van der Waals surface area (Å²) in [6.45, 7) is 14.9. The molecule has 1 aromatic carbocycles. The molecule has 128 valence electrons. The lowest BCUT2D eigenvalue weighted by atomic mass is 10.0. The normalized spacial score (nSPS) is 13.8. The fourth-order valence-corrected chi connectivity index (χ4v) is 3.71. The van der Waals surface area contributed by atoms with E-state index >= 15 is 0 Å². The van der Waals surface area contributed by atoms with E-state index in [1.165, 1.54) is 0 Å². The van der Waals surface area contributed by atoms with Crippen LogP contribution >= 0.6 is 23.2 Å². The molecule has 0 unspecified atom stereocenters. The quantitative estimate of drug-likeness (QED) is 0.251. The van der Waals surface area contributed by atoms with Gasteiger partial charge in [-0.25, -0.2) is 0 Å². The molecule has 0 amide bonds. The van der Waals surface area contributed by atoms with Gasteiger partial charge in [0.2, 0.25) is 0 Å². The molecule has 0 fully saturated rings. The van der Waals surface area contributed by atoms with Crippen molar-refractivity contribution >= 4 is 37.1 Å². The SMILES string of the molecule is C=CCC(Cl)(Cl)/C(=N/[Si](C)(C)C(C)(C)C)c1ccc(OC)cc1. The van der Waals surface area contributed by atoms with Gasteiger partial charge < -0.3 is 9.39 Å². The van der Waals surface area contributed by atoms with Crippen molar-refractivity contribution in [3.05, 3.63) is 42.5 Å². The molecule has 0 aromatic heterocycles. The molecule has 0 spiro atoms. The number of ether oxygens (including phenoxy) is 1. The van der Waals surface area contributed by atoms with Crippen LogP contribution in [0, 0.1) is 0 Å². The van der Waals surface area contributed by atoms with E-state index in [1.54, 1.807) is 13.2 Å². The third-order valence-corrected chi connectivity index (χ3v) is 9.46. The van der Waals surface area contributed by atoms with Crippen molar-refractivity contribution in [1.82, 2.24) is 0 Å². The Morgan fingerprint density at radius 2 is 1.74 bits per heavy atom. The highest BCUT2D eigenvalue weighted by atomic mass is 35.5. The number of hydrogen-bond donors (Lipinski definition) is 0. The largest absolute Gasteiger partial charge is 0.497 e. The fraction of sp³-hybridized carbons (Fsp3) is 0.500. The highest BCUT2D eigenvalue weighted by molar-refractivity contribution is 6.80. The first-order chi connectivity index (χ1) is 10.4. The summed E-state index contributed by atoms with van der Waals surface area (Å²) in [5.41, 5.74) is 1.64. The number of benzene rings is 1. The maximum atomic E-state index is 6.62. The standard InChI is InChI=1S/C18H27Cl2NOSi/c1-8-13-18(19,20)16(21-23(6,7)17(2,3)4)14-9-11-15(22-5)12-10-14/h8-12H,1,13H2,2-7H3/b21-16+. The monoisotopic (exact) mass is 371 g/mol. The summed E-state index contributed by atoms with van der Waals surface area (Å²) in [6, 6.07) is 7.70. The lowest BCUT2D eigenvalue weighted by molar-refractivity contribution is 0.415. The van der Waals surface area contributed by atoms with E-state index in [1.807, 2.05) is 24.3 Å². The zero-order valence-corrected chi connectivity index (χ0v) is 17.4. The Bertz CT molecular complexity index is 572. The second kappa shape index (κ2) is 7.41. The lowest BCUT2D eigenvalue weighted by Gasteiger charge is -2.35. The molecule has 1 rings (SSSR count). The Kier molecular flexibility index (Phi) is 6.53. The third-order valence-electron chi connectivity index (χ3n) is 4.34. The minimum absolute atomic E-state index is 0.1000. The van der Waals surface area contributed by atoms with Crippen LogP contribution in [-0.2, 0) is 0 Å². The van der Waals surface area contributed by atoms with Crippen LogP contribution in [0.5, 0.6) is 5.75 Å². The van der Waals surface area contributed by atoms with Gasteiger partial charge in [-0.1, -0.05) is 50.0 Å². The Labute approximate surface area is 151 Å². The molecule has 23 heavy (non-hydrogen) atoms. The number of alkyl halides is 2. The summed E-state index contributed by atoms with van der Waals surface area (Å²) in [5, 5.41) is 0.1000. The van der Waals surface area contributed by atoms with E-state index in [-0.39, 0.29) is 5.04 Å². The fourth-order valence-electron chi connectivity index (χ4n) is 1.83. The van der Waals surface area contributed by atoms with E-state index in [2.05, 4.69) is 40.4 Å². The van der Waals surface area contributed by atoms with Crippen molar-refractivity contribution in [2.45, 2.75) is 49.7 Å². The van der Waals surface area contributed by atoms with Gasteiger partial charge in [0, 0.05) is 6.42 Å². The zero-order valence-electron chi connectivity index (χ0n) is 14.9.